The molecule has 2 heteroatoms. The van der Waals surface area contributed by atoms with Gasteiger partial charge in [0.15, 0.2) is 0 Å². The summed E-state index contributed by atoms with van der Waals surface area (Å²) < 4.78 is 0. The zero-order valence-electron chi connectivity index (χ0n) is 10.3. The standard InChI is InChI=1S/C16H15NS/c1-13(17-15-10-6-3-7-11-15)12-16(18)14-8-4-2-5-9-14/h2-11H,12H2,1H3. The lowest BCUT2D eigenvalue weighted by Crippen LogP contribution is -2.03. The van der Waals surface area contributed by atoms with Gasteiger partial charge in [-0.3, -0.25) is 4.99 Å². The van der Waals surface area contributed by atoms with Gasteiger partial charge in [0.05, 0.1) is 5.69 Å². The highest BCUT2D eigenvalue weighted by molar-refractivity contribution is 7.80. The minimum atomic E-state index is 0.730. The van der Waals surface area contributed by atoms with E-state index in [1.54, 1.807) is 0 Å². The molecule has 0 aromatic heterocycles. The van der Waals surface area contributed by atoms with Gasteiger partial charge in [-0.25, -0.2) is 0 Å². The molecule has 0 atom stereocenters. The number of aliphatic imine (C=N–C) groups is 1. The van der Waals surface area contributed by atoms with Crippen molar-refractivity contribution in [3.05, 3.63) is 66.2 Å². The molecular weight excluding hydrogens is 238 g/mol. The first-order valence-corrected chi connectivity index (χ1v) is 6.34. The minimum Gasteiger partial charge on any atom is -0.258 e. The Balaban J connectivity index is 2.06. The molecule has 0 unspecified atom stereocenters. The van der Waals surface area contributed by atoms with E-state index < -0.39 is 0 Å². The highest BCUT2D eigenvalue weighted by atomic mass is 32.1. The summed E-state index contributed by atoms with van der Waals surface area (Å²) in [6.45, 7) is 2.02. The number of rotatable bonds is 4. The molecule has 0 bridgehead atoms. The first kappa shape index (κ1) is 12.7. The van der Waals surface area contributed by atoms with Gasteiger partial charge in [0.25, 0.3) is 0 Å². The van der Waals surface area contributed by atoms with Crippen LogP contribution in [0.25, 0.3) is 0 Å². The van der Waals surface area contributed by atoms with Crippen LogP contribution in [-0.4, -0.2) is 10.6 Å². The van der Waals surface area contributed by atoms with Crippen molar-refractivity contribution in [2.24, 2.45) is 4.99 Å². The number of hydrogen-bond acceptors (Lipinski definition) is 2. The minimum absolute atomic E-state index is 0.730. The van der Waals surface area contributed by atoms with Gasteiger partial charge in [-0.1, -0.05) is 60.7 Å². The van der Waals surface area contributed by atoms with Crippen LogP contribution in [0.1, 0.15) is 18.9 Å². The summed E-state index contributed by atoms with van der Waals surface area (Å²) in [6.07, 6.45) is 0.730. The van der Waals surface area contributed by atoms with Crippen molar-refractivity contribution >= 4 is 28.5 Å². The van der Waals surface area contributed by atoms with E-state index in [0.717, 1.165) is 28.2 Å². The van der Waals surface area contributed by atoms with Gasteiger partial charge in [-0.2, -0.15) is 0 Å². The Morgan fingerprint density at radius 3 is 2.11 bits per heavy atom. The third-order valence-corrected chi connectivity index (χ3v) is 2.97. The van der Waals surface area contributed by atoms with Gasteiger partial charge < -0.3 is 0 Å². The molecule has 0 radical (unpaired) electrons. The van der Waals surface area contributed by atoms with Crippen molar-refractivity contribution in [3.63, 3.8) is 0 Å². The molecule has 0 heterocycles. The maximum Gasteiger partial charge on any atom is 0.0629 e. The zero-order valence-corrected chi connectivity index (χ0v) is 11.2. The average Bonchev–Trinajstić information content (AvgIpc) is 2.40. The van der Waals surface area contributed by atoms with Crippen molar-refractivity contribution in [1.29, 1.82) is 0 Å². The van der Waals surface area contributed by atoms with Gasteiger partial charge in [0.1, 0.15) is 0 Å². The van der Waals surface area contributed by atoms with E-state index in [2.05, 4.69) is 4.99 Å². The Kier molecular flexibility index (Phi) is 4.37. The second kappa shape index (κ2) is 6.22. The van der Waals surface area contributed by atoms with Crippen LogP contribution >= 0.6 is 12.2 Å². The fourth-order valence-electron chi connectivity index (χ4n) is 1.72. The molecule has 0 aliphatic rings. The normalized spacial score (nSPS) is 11.3. The van der Waals surface area contributed by atoms with Gasteiger partial charge >= 0.3 is 0 Å². The van der Waals surface area contributed by atoms with E-state index in [0.29, 0.717) is 0 Å². The summed E-state index contributed by atoms with van der Waals surface area (Å²) in [4.78, 5) is 5.49. The first-order valence-electron chi connectivity index (χ1n) is 5.93. The summed E-state index contributed by atoms with van der Waals surface area (Å²) in [6, 6.07) is 20.0. The fraction of sp³-hybridized carbons (Fsp3) is 0.125. The highest BCUT2D eigenvalue weighted by Gasteiger charge is 2.02. The summed E-state index contributed by atoms with van der Waals surface area (Å²) in [5.74, 6) is 0. The molecule has 0 fully saturated rings. The lowest BCUT2D eigenvalue weighted by Gasteiger charge is -2.04. The number of para-hydroxylation sites is 1. The molecular formula is C16H15NS. The molecule has 0 N–H and O–H groups in total. The number of benzene rings is 2. The van der Waals surface area contributed by atoms with Crippen molar-refractivity contribution in [2.45, 2.75) is 13.3 Å². The van der Waals surface area contributed by atoms with Crippen molar-refractivity contribution in [1.82, 2.24) is 0 Å². The molecule has 2 aromatic carbocycles. The number of thiocarbonyl (C=S) groups is 1. The monoisotopic (exact) mass is 253 g/mol. The van der Waals surface area contributed by atoms with E-state index in [4.69, 9.17) is 12.2 Å². The van der Waals surface area contributed by atoms with Crippen LogP contribution in [-0.2, 0) is 0 Å². The molecule has 0 saturated heterocycles. The molecule has 2 aromatic rings. The van der Waals surface area contributed by atoms with E-state index in [1.165, 1.54) is 0 Å². The molecule has 18 heavy (non-hydrogen) atoms. The topological polar surface area (TPSA) is 12.4 Å². The Morgan fingerprint density at radius 2 is 1.50 bits per heavy atom. The predicted octanol–water partition coefficient (Wildman–Crippen LogP) is 4.59. The molecule has 0 aliphatic heterocycles. The highest BCUT2D eigenvalue weighted by Crippen LogP contribution is 2.12. The summed E-state index contributed by atoms with van der Waals surface area (Å²) in [5, 5.41) is 0. The van der Waals surface area contributed by atoms with Gasteiger partial charge in [0.2, 0.25) is 0 Å². The first-order chi connectivity index (χ1) is 8.75. The van der Waals surface area contributed by atoms with E-state index in [1.807, 2.05) is 67.6 Å². The largest absolute Gasteiger partial charge is 0.258 e. The molecule has 0 aliphatic carbocycles. The molecule has 2 rings (SSSR count). The molecule has 1 nitrogen and oxygen atoms in total. The number of hydrogen-bond donors (Lipinski definition) is 0. The van der Waals surface area contributed by atoms with Crippen LogP contribution in [0.4, 0.5) is 5.69 Å². The molecule has 0 saturated carbocycles. The van der Waals surface area contributed by atoms with Crippen molar-refractivity contribution in [2.75, 3.05) is 0 Å². The third-order valence-electron chi connectivity index (χ3n) is 2.59. The summed E-state index contributed by atoms with van der Waals surface area (Å²) in [7, 11) is 0. The van der Waals surface area contributed by atoms with Crippen LogP contribution in [0.3, 0.4) is 0 Å². The Bertz CT molecular complexity index is 544. The smallest absolute Gasteiger partial charge is 0.0629 e. The quantitative estimate of drug-likeness (QED) is 0.441. The van der Waals surface area contributed by atoms with Gasteiger partial charge in [0, 0.05) is 17.0 Å². The Morgan fingerprint density at radius 1 is 0.944 bits per heavy atom. The van der Waals surface area contributed by atoms with Crippen molar-refractivity contribution in [3.8, 4) is 0 Å². The lowest BCUT2D eigenvalue weighted by atomic mass is 10.1. The summed E-state index contributed by atoms with van der Waals surface area (Å²) in [5.41, 5.74) is 3.12. The second-order valence-corrected chi connectivity index (χ2v) is 4.64. The van der Waals surface area contributed by atoms with Crippen molar-refractivity contribution < 1.29 is 0 Å². The van der Waals surface area contributed by atoms with Gasteiger partial charge in [-0.05, 0) is 24.6 Å². The fourth-order valence-corrected chi connectivity index (χ4v) is 2.07. The molecule has 90 valence electrons. The van der Waals surface area contributed by atoms with E-state index >= 15 is 0 Å². The SMILES string of the molecule is CC(CC(=S)c1ccccc1)=Nc1ccccc1. The second-order valence-electron chi connectivity index (χ2n) is 4.15. The van der Waals surface area contributed by atoms with Crippen LogP contribution in [0, 0.1) is 0 Å². The molecule has 0 amide bonds. The summed E-state index contributed by atoms with van der Waals surface area (Å²) >= 11 is 5.43. The van der Waals surface area contributed by atoms with E-state index in [9.17, 15) is 0 Å². The van der Waals surface area contributed by atoms with Crippen LogP contribution < -0.4 is 0 Å². The number of nitrogens with zero attached hydrogens (tertiary/aromatic N) is 1. The Labute approximate surface area is 113 Å². The predicted molar refractivity (Wildman–Crippen MR) is 82.0 cm³/mol. The third kappa shape index (κ3) is 3.60. The Hall–Kier alpha value is -1.80. The zero-order chi connectivity index (χ0) is 12.8. The van der Waals surface area contributed by atoms with Gasteiger partial charge in [-0.15, -0.1) is 0 Å². The van der Waals surface area contributed by atoms with E-state index in [-0.39, 0.29) is 0 Å². The van der Waals surface area contributed by atoms with Crippen LogP contribution in [0.15, 0.2) is 65.7 Å². The maximum absolute atomic E-state index is 5.43. The molecule has 0 spiro atoms. The lowest BCUT2D eigenvalue weighted by molar-refractivity contribution is 1.43. The average molecular weight is 253 g/mol. The maximum atomic E-state index is 5.43. The van der Waals surface area contributed by atoms with Crippen LogP contribution in [0.2, 0.25) is 0 Å². The van der Waals surface area contributed by atoms with Crippen LogP contribution in [0.5, 0.6) is 0 Å².